The Morgan fingerprint density at radius 1 is 1.50 bits per heavy atom. The molecule has 1 N–H and O–H groups in total. The summed E-state index contributed by atoms with van der Waals surface area (Å²) < 4.78 is 5.27. The van der Waals surface area contributed by atoms with Crippen molar-refractivity contribution in [2.75, 3.05) is 6.54 Å². The highest BCUT2D eigenvalue weighted by Crippen LogP contribution is 2.39. The summed E-state index contributed by atoms with van der Waals surface area (Å²) in [4.78, 5) is 17.9. The van der Waals surface area contributed by atoms with E-state index in [9.17, 15) is 9.90 Å². The number of carboxylic acid groups (broad SMARTS) is 1. The van der Waals surface area contributed by atoms with Crippen molar-refractivity contribution in [2.24, 2.45) is 5.41 Å². The predicted molar refractivity (Wildman–Crippen MR) is 71.1 cm³/mol. The van der Waals surface area contributed by atoms with E-state index in [0.717, 1.165) is 38.1 Å². The second kappa shape index (κ2) is 4.84. The molecule has 1 aliphatic carbocycles. The van der Waals surface area contributed by atoms with Crippen LogP contribution >= 0.6 is 0 Å². The van der Waals surface area contributed by atoms with E-state index in [-0.39, 0.29) is 5.41 Å². The van der Waals surface area contributed by atoms with Gasteiger partial charge in [0, 0.05) is 5.92 Å². The van der Waals surface area contributed by atoms with Gasteiger partial charge in [-0.3, -0.25) is 9.69 Å². The van der Waals surface area contributed by atoms with Crippen molar-refractivity contribution in [2.45, 2.75) is 58.0 Å². The number of likely N-dealkylation sites (tertiary alicyclic amines) is 1. The van der Waals surface area contributed by atoms with Crippen LogP contribution in [0.3, 0.4) is 0 Å². The van der Waals surface area contributed by atoms with Crippen LogP contribution in [0, 0.1) is 5.41 Å². The maximum absolute atomic E-state index is 11.6. The van der Waals surface area contributed by atoms with Crippen molar-refractivity contribution in [1.82, 2.24) is 15.0 Å². The summed E-state index contributed by atoms with van der Waals surface area (Å²) in [5.74, 6) is 1.01. The minimum absolute atomic E-state index is 0.233. The lowest BCUT2D eigenvalue weighted by Crippen LogP contribution is -2.53. The van der Waals surface area contributed by atoms with Gasteiger partial charge in [0.1, 0.15) is 6.04 Å². The lowest BCUT2D eigenvalue weighted by atomic mass is 9.76. The maximum atomic E-state index is 11.6. The van der Waals surface area contributed by atoms with E-state index in [1.54, 1.807) is 0 Å². The quantitative estimate of drug-likeness (QED) is 0.908. The third kappa shape index (κ3) is 2.57. The van der Waals surface area contributed by atoms with Crippen molar-refractivity contribution in [3.63, 3.8) is 0 Å². The van der Waals surface area contributed by atoms with Crippen LogP contribution in [-0.4, -0.2) is 38.7 Å². The van der Waals surface area contributed by atoms with E-state index in [1.165, 1.54) is 0 Å². The zero-order valence-electron chi connectivity index (χ0n) is 12.0. The smallest absolute Gasteiger partial charge is 0.321 e. The van der Waals surface area contributed by atoms with Gasteiger partial charge in [-0.1, -0.05) is 19.0 Å². The first-order chi connectivity index (χ1) is 9.47. The molecule has 2 fully saturated rings. The molecule has 1 aromatic rings. The Balaban J connectivity index is 1.74. The molecule has 1 aliphatic heterocycles. The van der Waals surface area contributed by atoms with Gasteiger partial charge in [0.05, 0.1) is 6.54 Å². The van der Waals surface area contributed by atoms with Crippen LogP contribution < -0.4 is 0 Å². The largest absolute Gasteiger partial charge is 0.480 e. The number of piperidine rings is 1. The molecule has 1 atom stereocenters. The van der Waals surface area contributed by atoms with Gasteiger partial charge in [0.2, 0.25) is 5.89 Å². The van der Waals surface area contributed by atoms with Crippen molar-refractivity contribution in [3.05, 3.63) is 11.7 Å². The normalized spacial score (nSPS) is 26.6. The molecule has 0 aromatic carbocycles. The summed E-state index contributed by atoms with van der Waals surface area (Å²) in [5, 5.41) is 13.5. The van der Waals surface area contributed by atoms with E-state index in [0.29, 0.717) is 18.4 Å². The number of aromatic nitrogens is 2. The van der Waals surface area contributed by atoms with Gasteiger partial charge in [-0.15, -0.1) is 0 Å². The fourth-order valence-electron chi connectivity index (χ4n) is 3.17. The number of carbonyl (C=O) groups is 1. The fourth-order valence-corrected chi connectivity index (χ4v) is 3.17. The van der Waals surface area contributed by atoms with Crippen LogP contribution in [0.1, 0.15) is 57.2 Å². The fraction of sp³-hybridized carbons (Fsp3) is 0.786. The average molecular weight is 279 g/mol. The third-order valence-corrected chi connectivity index (χ3v) is 4.37. The lowest BCUT2D eigenvalue weighted by molar-refractivity contribution is -0.151. The molecule has 1 aromatic heterocycles. The van der Waals surface area contributed by atoms with Crippen LogP contribution in [0.2, 0.25) is 0 Å². The molecular formula is C14H21N3O3. The Hall–Kier alpha value is -1.43. The average Bonchev–Trinajstić information content (AvgIpc) is 3.09. The number of aliphatic carboxylic acids is 1. The Bertz CT molecular complexity index is 508. The van der Waals surface area contributed by atoms with E-state index in [2.05, 4.69) is 10.1 Å². The van der Waals surface area contributed by atoms with Gasteiger partial charge >= 0.3 is 5.97 Å². The lowest BCUT2D eigenvalue weighted by Gasteiger charge is -2.43. The molecule has 0 amide bonds. The summed E-state index contributed by atoms with van der Waals surface area (Å²) in [7, 11) is 0. The number of rotatable bonds is 4. The van der Waals surface area contributed by atoms with Crippen molar-refractivity contribution in [3.8, 4) is 0 Å². The SMILES string of the molecule is CC1(C)CCCN(Cc2nc(C3CC3)no2)C1C(=O)O. The zero-order chi connectivity index (χ0) is 14.3. The van der Waals surface area contributed by atoms with Gasteiger partial charge in [-0.25, -0.2) is 0 Å². The molecule has 20 heavy (non-hydrogen) atoms. The minimum atomic E-state index is -0.767. The van der Waals surface area contributed by atoms with E-state index in [1.807, 2.05) is 18.7 Å². The molecule has 0 bridgehead atoms. The zero-order valence-corrected chi connectivity index (χ0v) is 12.0. The molecule has 110 valence electrons. The standard InChI is InChI=1S/C14H21N3O3/c1-14(2)6-3-7-17(11(14)13(18)19)8-10-15-12(16-20-10)9-4-5-9/h9,11H,3-8H2,1-2H3,(H,18,19). The Morgan fingerprint density at radius 3 is 2.90 bits per heavy atom. The summed E-state index contributed by atoms with van der Waals surface area (Å²) in [6.45, 7) is 5.23. The van der Waals surface area contributed by atoms with Crippen LogP contribution in [0.15, 0.2) is 4.52 Å². The number of nitrogens with zero attached hydrogens (tertiary/aromatic N) is 3. The van der Waals surface area contributed by atoms with E-state index in [4.69, 9.17) is 4.52 Å². The van der Waals surface area contributed by atoms with E-state index >= 15 is 0 Å². The van der Waals surface area contributed by atoms with Crippen LogP contribution in [0.5, 0.6) is 0 Å². The highest BCUT2D eigenvalue weighted by Gasteiger charge is 2.43. The highest BCUT2D eigenvalue weighted by atomic mass is 16.5. The topological polar surface area (TPSA) is 79.5 Å². The number of carboxylic acids is 1. The van der Waals surface area contributed by atoms with Gasteiger partial charge in [0.25, 0.3) is 0 Å². The van der Waals surface area contributed by atoms with Gasteiger partial charge in [-0.05, 0) is 37.6 Å². The van der Waals surface area contributed by atoms with Crippen LogP contribution in [-0.2, 0) is 11.3 Å². The molecule has 6 nitrogen and oxygen atoms in total. The molecule has 0 radical (unpaired) electrons. The Kier molecular flexibility index (Phi) is 3.28. The molecule has 6 heteroatoms. The number of hydrogen-bond donors (Lipinski definition) is 1. The molecule has 2 aliphatic rings. The van der Waals surface area contributed by atoms with Crippen molar-refractivity contribution in [1.29, 1.82) is 0 Å². The summed E-state index contributed by atoms with van der Waals surface area (Å²) in [5.41, 5.74) is -0.233. The summed E-state index contributed by atoms with van der Waals surface area (Å²) in [6.07, 6.45) is 4.19. The van der Waals surface area contributed by atoms with Crippen LogP contribution in [0.25, 0.3) is 0 Å². The number of hydrogen-bond acceptors (Lipinski definition) is 5. The Morgan fingerprint density at radius 2 is 2.25 bits per heavy atom. The maximum Gasteiger partial charge on any atom is 0.321 e. The van der Waals surface area contributed by atoms with Gasteiger partial charge < -0.3 is 9.63 Å². The van der Waals surface area contributed by atoms with E-state index < -0.39 is 12.0 Å². The van der Waals surface area contributed by atoms with Crippen LogP contribution in [0.4, 0.5) is 0 Å². The predicted octanol–water partition coefficient (Wildman–Crippen LogP) is 2.02. The monoisotopic (exact) mass is 279 g/mol. The van der Waals surface area contributed by atoms with Crippen molar-refractivity contribution < 1.29 is 14.4 Å². The first-order valence-corrected chi connectivity index (χ1v) is 7.27. The molecule has 0 spiro atoms. The molecule has 1 saturated heterocycles. The minimum Gasteiger partial charge on any atom is -0.480 e. The molecule has 1 unspecified atom stereocenters. The third-order valence-electron chi connectivity index (χ3n) is 4.37. The first-order valence-electron chi connectivity index (χ1n) is 7.27. The summed E-state index contributed by atoms with van der Waals surface area (Å²) in [6, 6.07) is -0.493. The van der Waals surface area contributed by atoms with Crippen molar-refractivity contribution >= 4 is 5.97 Å². The second-order valence-electron chi connectivity index (χ2n) is 6.62. The Labute approximate surface area is 118 Å². The highest BCUT2D eigenvalue weighted by molar-refractivity contribution is 5.74. The van der Waals surface area contributed by atoms with Gasteiger partial charge in [-0.2, -0.15) is 4.98 Å². The molecular weight excluding hydrogens is 258 g/mol. The van der Waals surface area contributed by atoms with Gasteiger partial charge in [0.15, 0.2) is 5.82 Å². The molecule has 2 heterocycles. The second-order valence-corrected chi connectivity index (χ2v) is 6.62. The summed E-state index contributed by atoms with van der Waals surface area (Å²) >= 11 is 0. The first kappa shape index (κ1) is 13.5. The molecule has 1 saturated carbocycles. The molecule has 3 rings (SSSR count).